The highest BCUT2D eigenvalue weighted by Crippen LogP contribution is 2.30. The van der Waals surface area contributed by atoms with Gasteiger partial charge >= 0.3 is 6.03 Å². The lowest BCUT2D eigenvalue weighted by Gasteiger charge is -2.23. The Hall–Kier alpha value is -2.62. The number of hydrazine groups is 1. The monoisotopic (exact) mass is 469 g/mol. The minimum atomic E-state index is -0.710. The van der Waals surface area contributed by atoms with Crippen molar-refractivity contribution in [3.05, 3.63) is 75.5 Å². The van der Waals surface area contributed by atoms with Crippen LogP contribution in [0.25, 0.3) is 0 Å². The van der Waals surface area contributed by atoms with Crippen LogP contribution in [0.15, 0.2) is 54.3 Å². The van der Waals surface area contributed by atoms with Gasteiger partial charge in [0.2, 0.25) is 0 Å². The molecule has 1 heterocycles. The molecule has 11 heteroatoms. The summed E-state index contributed by atoms with van der Waals surface area (Å²) in [5, 5.41) is 3.16. The lowest BCUT2D eigenvalue weighted by Crippen LogP contribution is -2.38. The first-order valence-corrected chi connectivity index (χ1v) is 9.51. The number of carbonyl (C=O) groups is 2. The Balaban J connectivity index is 2.50. The molecule has 0 saturated carbocycles. The fourth-order valence-electron chi connectivity index (χ4n) is 2.42. The number of hydrogen-bond acceptors (Lipinski definition) is 5. The van der Waals surface area contributed by atoms with E-state index in [2.05, 4.69) is 32.7 Å². The van der Waals surface area contributed by atoms with Gasteiger partial charge < -0.3 is 5.32 Å². The minimum Gasteiger partial charge on any atom is -0.306 e. The molecule has 8 nitrogen and oxygen atoms in total. The summed E-state index contributed by atoms with van der Waals surface area (Å²) in [6.07, 6.45) is 4.27. The van der Waals surface area contributed by atoms with Gasteiger partial charge in [-0.3, -0.25) is 15.1 Å². The maximum absolute atomic E-state index is 13.2. The Morgan fingerprint density at radius 2 is 2.03 bits per heavy atom. The second-order valence-electron chi connectivity index (χ2n) is 5.71. The fourth-order valence-corrected chi connectivity index (χ4v) is 3.15. The van der Waals surface area contributed by atoms with E-state index in [0.717, 1.165) is 4.90 Å². The van der Waals surface area contributed by atoms with Crippen molar-refractivity contribution in [2.24, 2.45) is 0 Å². The van der Waals surface area contributed by atoms with Crippen molar-refractivity contribution in [3.63, 3.8) is 0 Å². The Morgan fingerprint density at radius 1 is 1.30 bits per heavy atom. The highest BCUT2D eigenvalue weighted by molar-refractivity contribution is 6.37. The third kappa shape index (κ3) is 5.71. The number of carbonyl (C=O) groups excluding carboxylic acids is 2. The average molecular weight is 471 g/mol. The van der Waals surface area contributed by atoms with Crippen molar-refractivity contribution in [3.8, 4) is 0 Å². The zero-order chi connectivity index (χ0) is 22.3. The number of nitrogens with zero attached hydrogens (tertiary/aromatic N) is 2. The summed E-state index contributed by atoms with van der Waals surface area (Å²) in [4.78, 5) is 35.4. The number of rotatable bonds is 7. The van der Waals surface area contributed by atoms with Crippen molar-refractivity contribution < 1.29 is 14.4 Å². The van der Waals surface area contributed by atoms with E-state index in [1.165, 1.54) is 31.5 Å². The molecule has 0 bridgehead atoms. The van der Waals surface area contributed by atoms with Crippen molar-refractivity contribution in [1.29, 1.82) is 0 Å². The molecule has 3 amide bonds. The van der Waals surface area contributed by atoms with Crippen LogP contribution in [0.5, 0.6) is 0 Å². The SMILES string of the molecule is C=C/C=C(/Cl)N(C(=O)Nc1c(C)cc(Cl)cc1C(=O)NNOC)c1ncccc1Cl. The van der Waals surface area contributed by atoms with Crippen molar-refractivity contribution in [2.45, 2.75) is 6.92 Å². The van der Waals surface area contributed by atoms with Gasteiger partial charge in [0.05, 0.1) is 23.4 Å². The van der Waals surface area contributed by atoms with E-state index < -0.39 is 11.9 Å². The van der Waals surface area contributed by atoms with Crippen LogP contribution in [-0.2, 0) is 4.84 Å². The summed E-state index contributed by atoms with van der Waals surface area (Å²) in [6.45, 7) is 5.26. The van der Waals surface area contributed by atoms with Gasteiger partial charge in [0.25, 0.3) is 5.91 Å². The lowest BCUT2D eigenvalue weighted by atomic mass is 10.1. The molecule has 0 aliphatic rings. The van der Waals surface area contributed by atoms with Crippen molar-refractivity contribution in [2.75, 3.05) is 17.3 Å². The Bertz CT molecular complexity index is 997. The number of aromatic nitrogens is 1. The smallest absolute Gasteiger partial charge is 0.306 e. The molecular formula is C19H18Cl3N5O3. The van der Waals surface area contributed by atoms with Crippen LogP contribution in [0.4, 0.5) is 16.3 Å². The molecule has 3 N–H and O–H groups in total. The Kier molecular flexibility index (Phi) is 8.64. The zero-order valence-electron chi connectivity index (χ0n) is 16.0. The molecular weight excluding hydrogens is 453 g/mol. The third-order valence-corrected chi connectivity index (χ3v) is 4.47. The quantitative estimate of drug-likeness (QED) is 0.307. The molecule has 2 rings (SSSR count). The normalized spacial score (nSPS) is 11.0. The second kappa shape index (κ2) is 11.0. The predicted octanol–water partition coefficient (Wildman–Crippen LogP) is 4.80. The van der Waals surface area contributed by atoms with Gasteiger partial charge in [0, 0.05) is 11.2 Å². The summed E-state index contributed by atoms with van der Waals surface area (Å²) in [5.41, 5.74) is 5.37. The molecule has 30 heavy (non-hydrogen) atoms. The lowest BCUT2D eigenvalue weighted by molar-refractivity contribution is 0.0459. The van der Waals surface area contributed by atoms with Crippen LogP contribution in [0.1, 0.15) is 15.9 Å². The predicted molar refractivity (Wildman–Crippen MR) is 119 cm³/mol. The molecule has 0 fully saturated rings. The summed E-state index contributed by atoms with van der Waals surface area (Å²) in [5.74, 6) is -0.494. The van der Waals surface area contributed by atoms with E-state index in [0.29, 0.717) is 10.6 Å². The first-order chi connectivity index (χ1) is 14.3. The van der Waals surface area contributed by atoms with Crippen molar-refractivity contribution in [1.82, 2.24) is 16.0 Å². The molecule has 0 atom stereocenters. The van der Waals surface area contributed by atoms with E-state index in [4.69, 9.17) is 34.8 Å². The van der Waals surface area contributed by atoms with Crippen LogP contribution < -0.4 is 21.2 Å². The number of hydrogen-bond donors (Lipinski definition) is 3. The van der Waals surface area contributed by atoms with E-state index in [9.17, 15) is 9.59 Å². The van der Waals surface area contributed by atoms with Gasteiger partial charge in [0.15, 0.2) is 5.82 Å². The first kappa shape index (κ1) is 23.7. The van der Waals surface area contributed by atoms with Gasteiger partial charge in [-0.2, -0.15) is 0 Å². The minimum absolute atomic E-state index is 0.0123. The number of anilines is 2. The summed E-state index contributed by atoms with van der Waals surface area (Å²) >= 11 is 18.6. The topological polar surface area (TPSA) is 95.6 Å². The third-order valence-electron chi connectivity index (χ3n) is 3.67. The molecule has 0 aliphatic heterocycles. The maximum Gasteiger partial charge on any atom is 0.332 e. The molecule has 158 valence electrons. The molecule has 1 aromatic carbocycles. The number of aryl methyl sites for hydroxylation is 1. The van der Waals surface area contributed by atoms with Gasteiger partial charge in [-0.15, -0.1) is 5.59 Å². The molecule has 2 aromatic rings. The van der Waals surface area contributed by atoms with E-state index in [1.54, 1.807) is 25.1 Å². The van der Waals surface area contributed by atoms with Crippen LogP contribution in [0.2, 0.25) is 10.0 Å². The number of allylic oxidation sites excluding steroid dienone is 2. The van der Waals surface area contributed by atoms with Gasteiger partial charge in [-0.25, -0.2) is 14.7 Å². The molecule has 0 aliphatic carbocycles. The van der Waals surface area contributed by atoms with Gasteiger partial charge in [-0.1, -0.05) is 47.5 Å². The van der Waals surface area contributed by atoms with E-state index in [1.807, 2.05) is 0 Å². The number of urea groups is 1. The number of amides is 3. The van der Waals surface area contributed by atoms with Crippen LogP contribution in [-0.4, -0.2) is 24.0 Å². The molecule has 0 unspecified atom stereocenters. The second-order valence-corrected chi connectivity index (χ2v) is 6.94. The van der Waals surface area contributed by atoms with E-state index >= 15 is 0 Å². The summed E-state index contributed by atoms with van der Waals surface area (Å²) in [6, 6.07) is 5.46. The average Bonchev–Trinajstić information content (AvgIpc) is 2.69. The highest BCUT2D eigenvalue weighted by atomic mass is 35.5. The van der Waals surface area contributed by atoms with Gasteiger partial charge in [-0.05, 0) is 42.8 Å². The van der Waals surface area contributed by atoms with Gasteiger partial charge in [0.1, 0.15) is 5.16 Å². The van der Waals surface area contributed by atoms with Crippen molar-refractivity contribution >= 4 is 58.2 Å². The maximum atomic E-state index is 13.2. The molecule has 0 saturated heterocycles. The molecule has 0 radical (unpaired) electrons. The number of nitrogens with one attached hydrogen (secondary N) is 3. The number of pyridine rings is 1. The number of halogens is 3. The summed E-state index contributed by atoms with van der Waals surface area (Å²) in [7, 11) is 1.33. The largest absolute Gasteiger partial charge is 0.332 e. The van der Waals surface area contributed by atoms with Crippen LogP contribution >= 0.6 is 34.8 Å². The first-order valence-electron chi connectivity index (χ1n) is 8.38. The highest BCUT2D eigenvalue weighted by Gasteiger charge is 2.25. The standard InChI is InChI=1S/C19H18Cl3N5O3/c1-4-6-15(22)27(17-14(21)7-5-8-23-17)19(29)24-16-11(2)9-12(20)10-13(16)18(28)25-26-30-3/h4-10,26H,1H2,2-3H3,(H,24,29)(H,25,28)/b15-6-. The van der Waals surface area contributed by atoms with Crippen LogP contribution in [0.3, 0.4) is 0 Å². The molecule has 1 aromatic heterocycles. The summed E-state index contributed by atoms with van der Waals surface area (Å²) < 4.78 is 0. The fraction of sp³-hybridized carbons (Fsp3) is 0.105. The number of benzene rings is 1. The Morgan fingerprint density at radius 3 is 2.67 bits per heavy atom. The Labute approximate surface area is 188 Å². The molecule has 0 spiro atoms. The zero-order valence-corrected chi connectivity index (χ0v) is 18.3. The van der Waals surface area contributed by atoms with E-state index in [-0.39, 0.29) is 27.2 Å². The van der Waals surface area contributed by atoms with Crippen LogP contribution in [0, 0.1) is 6.92 Å².